The zero-order chi connectivity index (χ0) is 13.8. The number of morpholine rings is 1. The summed E-state index contributed by atoms with van der Waals surface area (Å²) in [6, 6.07) is 4.05. The summed E-state index contributed by atoms with van der Waals surface area (Å²) in [5.74, 6) is 1.05. The van der Waals surface area contributed by atoms with Gasteiger partial charge in [0, 0.05) is 13.1 Å². The Bertz CT molecular complexity index is 465. The Hall–Kier alpha value is -1.55. The van der Waals surface area contributed by atoms with E-state index in [1.54, 1.807) is 7.11 Å². The predicted molar refractivity (Wildman–Crippen MR) is 73.6 cm³/mol. The van der Waals surface area contributed by atoms with Crippen LogP contribution >= 0.6 is 0 Å². The maximum absolute atomic E-state index is 12.2. The van der Waals surface area contributed by atoms with Crippen molar-refractivity contribution < 1.29 is 14.3 Å². The molecule has 19 heavy (non-hydrogen) atoms. The molecule has 0 aromatic heterocycles. The molecular formula is C15H21NO3. The second-order valence-electron chi connectivity index (χ2n) is 4.92. The fourth-order valence-electron chi connectivity index (χ4n) is 2.35. The van der Waals surface area contributed by atoms with Crippen LogP contribution in [0.2, 0.25) is 0 Å². The number of hydrogen-bond acceptors (Lipinski definition) is 3. The van der Waals surface area contributed by atoms with Crippen molar-refractivity contribution in [2.75, 3.05) is 33.4 Å². The molecule has 1 aromatic carbocycles. The number of carbonyl (C=O) groups excluding carboxylic acids is 1. The van der Waals surface area contributed by atoms with Crippen LogP contribution in [0.15, 0.2) is 12.1 Å². The van der Waals surface area contributed by atoms with Gasteiger partial charge in [0.05, 0.1) is 26.7 Å². The summed E-state index contributed by atoms with van der Waals surface area (Å²) in [6.45, 7) is 6.71. The zero-order valence-corrected chi connectivity index (χ0v) is 11.9. The van der Waals surface area contributed by atoms with Gasteiger partial charge in [0.25, 0.3) is 0 Å². The summed E-state index contributed by atoms with van der Waals surface area (Å²) in [6.07, 6.45) is 0.455. The normalized spacial score (nSPS) is 15.4. The summed E-state index contributed by atoms with van der Waals surface area (Å²) >= 11 is 0. The van der Waals surface area contributed by atoms with Gasteiger partial charge in [-0.2, -0.15) is 0 Å². The molecule has 0 bridgehead atoms. The highest BCUT2D eigenvalue weighted by molar-refractivity contribution is 5.79. The Kier molecular flexibility index (Phi) is 4.43. The minimum atomic E-state index is 0.177. The van der Waals surface area contributed by atoms with Crippen LogP contribution < -0.4 is 4.74 Å². The first-order valence-corrected chi connectivity index (χ1v) is 6.61. The van der Waals surface area contributed by atoms with Gasteiger partial charge in [-0.05, 0) is 36.6 Å². The minimum absolute atomic E-state index is 0.177. The van der Waals surface area contributed by atoms with E-state index in [1.807, 2.05) is 30.9 Å². The van der Waals surface area contributed by atoms with Crippen molar-refractivity contribution in [2.45, 2.75) is 20.3 Å². The Morgan fingerprint density at radius 2 is 1.95 bits per heavy atom. The van der Waals surface area contributed by atoms with E-state index in [9.17, 15) is 4.79 Å². The van der Waals surface area contributed by atoms with Gasteiger partial charge in [0.2, 0.25) is 5.91 Å². The third-order valence-electron chi connectivity index (χ3n) is 3.56. The summed E-state index contributed by atoms with van der Waals surface area (Å²) in [5.41, 5.74) is 3.25. The molecular weight excluding hydrogens is 242 g/mol. The minimum Gasteiger partial charge on any atom is -0.496 e. The van der Waals surface area contributed by atoms with Crippen molar-refractivity contribution in [1.29, 1.82) is 0 Å². The third-order valence-corrected chi connectivity index (χ3v) is 3.56. The van der Waals surface area contributed by atoms with Crippen molar-refractivity contribution in [3.63, 3.8) is 0 Å². The van der Waals surface area contributed by atoms with Crippen LogP contribution in [0.1, 0.15) is 16.7 Å². The van der Waals surface area contributed by atoms with E-state index in [-0.39, 0.29) is 5.91 Å². The molecule has 1 heterocycles. The fourth-order valence-corrected chi connectivity index (χ4v) is 2.35. The maximum atomic E-state index is 12.2. The SMILES string of the molecule is COc1cc(C)c(CC(=O)N2CCOCC2)cc1C. The molecule has 0 atom stereocenters. The molecule has 0 unspecified atom stereocenters. The molecule has 1 aromatic rings. The molecule has 2 rings (SSSR count). The summed E-state index contributed by atoms with van der Waals surface area (Å²) < 4.78 is 10.6. The van der Waals surface area contributed by atoms with Gasteiger partial charge < -0.3 is 14.4 Å². The standard InChI is InChI=1S/C15H21NO3/c1-11-9-14(18-3)12(2)8-13(11)10-15(17)16-4-6-19-7-5-16/h8-9H,4-7,10H2,1-3H3. The fraction of sp³-hybridized carbons (Fsp3) is 0.533. The van der Waals surface area contributed by atoms with Crippen LogP contribution in [0.25, 0.3) is 0 Å². The Balaban J connectivity index is 2.10. The van der Waals surface area contributed by atoms with Crippen molar-refractivity contribution in [3.05, 3.63) is 28.8 Å². The number of ether oxygens (including phenoxy) is 2. The molecule has 0 saturated carbocycles. The van der Waals surface area contributed by atoms with E-state index >= 15 is 0 Å². The van der Waals surface area contributed by atoms with Crippen molar-refractivity contribution in [3.8, 4) is 5.75 Å². The highest BCUT2D eigenvalue weighted by atomic mass is 16.5. The van der Waals surface area contributed by atoms with Crippen molar-refractivity contribution >= 4 is 5.91 Å². The molecule has 1 aliphatic heterocycles. The second kappa shape index (κ2) is 6.06. The van der Waals surface area contributed by atoms with Gasteiger partial charge >= 0.3 is 0 Å². The zero-order valence-electron chi connectivity index (χ0n) is 11.9. The topological polar surface area (TPSA) is 38.8 Å². The Morgan fingerprint density at radius 1 is 1.26 bits per heavy atom. The van der Waals surface area contributed by atoms with Gasteiger partial charge in [0.15, 0.2) is 0 Å². The molecule has 4 heteroatoms. The first kappa shape index (κ1) is 13.9. The summed E-state index contributed by atoms with van der Waals surface area (Å²) in [4.78, 5) is 14.1. The molecule has 0 radical (unpaired) electrons. The lowest BCUT2D eigenvalue weighted by Gasteiger charge is -2.27. The number of aryl methyl sites for hydroxylation is 2. The predicted octanol–water partition coefficient (Wildman–Crippen LogP) is 1.71. The number of carbonyl (C=O) groups is 1. The van der Waals surface area contributed by atoms with Crippen LogP contribution in [-0.4, -0.2) is 44.2 Å². The summed E-state index contributed by atoms with van der Waals surface area (Å²) in [5, 5.41) is 0. The monoisotopic (exact) mass is 263 g/mol. The van der Waals surface area contributed by atoms with Crippen LogP contribution in [0.3, 0.4) is 0 Å². The largest absolute Gasteiger partial charge is 0.496 e. The lowest BCUT2D eigenvalue weighted by molar-refractivity contribution is -0.134. The average Bonchev–Trinajstić information content (AvgIpc) is 2.43. The molecule has 1 saturated heterocycles. The van der Waals surface area contributed by atoms with E-state index in [4.69, 9.17) is 9.47 Å². The average molecular weight is 263 g/mol. The molecule has 1 fully saturated rings. The van der Waals surface area contributed by atoms with E-state index in [0.29, 0.717) is 32.7 Å². The lowest BCUT2D eigenvalue weighted by Crippen LogP contribution is -2.41. The highest BCUT2D eigenvalue weighted by Crippen LogP contribution is 2.23. The smallest absolute Gasteiger partial charge is 0.227 e. The van der Waals surface area contributed by atoms with Crippen LogP contribution in [0.4, 0.5) is 0 Å². The van der Waals surface area contributed by atoms with Gasteiger partial charge in [-0.1, -0.05) is 6.07 Å². The third kappa shape index (κ3) is 3.26. The number of benzene rings is 1. The van der Waals surface area contributed by atoms with E-state index < -0.39 is 0 Å². The van der Waals surface area contributed by atoms with E-state index in [2.05, 4.69) is 0 Å². The van der Waals surface area contributed by atoms with Crippen LogP contribution in [0.5, 0.6) is 5.75 Å². The molecule has 104 valence electrons. The first-order valence-electron chi connectivity index (χ1n) is 6.61. The number of rotatable bonds is 3. The number of nitrogens with zero attached hydrogens (tertiary/aromatic N) is 1. The first-order chi connectivity index (χ1) is 9.11. The molecule has 0 N–H and O–H groups in total. The quantitative estimate of drug-likeness (QED) is 0.833. The molecule has 1 aliphatic rings. The van der Waals surface area contributed by atoms with Crippen molar-refractivity contribution in [1.82, 2.24) is 4.90 Å². The van der Waals surface area contributed by atoms with E-state index in [1.165, 1.54) is 0 Å². The Labute approximate surface area is 114 Å². The van der Waals surface area contributed by atoms with Gasteiger partial charge in [0.1, 0.15) is 5.75 Å². The van der Waals surface area contributed by atoms with Gasteiger partial charge in [-0.3, -0.25) is 4.79 Å². The highest BCUT2D eigenvalue weighted by Gasteiger charge is 2.18. The molecule has 0 aliphatic carbocycles. The van der Waals surface area contributed by atoms with Crippen LogP contribution in [0, 0.1) is 13.8 Å². The molecule has 1 amide bonds. The maximum Gasteiger partial charge on any atom is 0.227 e. The lowest BCUT2D eigenvalue weighted by atomic mass is 10.0. The van der Waals surface area contributed by atoms with E-state index in [0.717, 1.165) is 22.4 Å². The van der Waals surface area contributed by atoms with Crippen molar-refractivity contribution in [2.24, 2.45) is 0 Å². The summed E-state index contributed by atoms with van der Waals surface area (Å²) in [7, 11) is 1.67. The Morgan fingerprint density at radius 3 is 2.58 bits per heavy atom. The van der Waals surface area contributed by atoms with Gasteiger partial charge in [-0.15, -0.1) is 0 Å². The number of methoxy groups -OCH3 is 1. The molecule has 4 nitrogen and oxygen atoms in total. The van der Waals surface area contributed by atoms with Gasteiger partial charge in [-0.25, -0.2) is 0 Å². The number of amides is 1. The molecule has 0 spiro atoms. The van der Waals surface area contributed by atoms with Crippen LogP contribution in [-0.2, 0) is 16.0 Å². The second-order valence-corrected chi connectivity index (χ2v) is 4.92. The number of hydrogen-bond donors (Lipinski definition) is 0.